The number of nitro groups is 1. The maximum atomic E-state index is 14.0. The van der Waals surface area contributed by atoms with Crippen LogP contribution >= 0.6 is 0 Å². The highest BCUT2D eigenvalue weighted by molar-refractivity contribution is 5.59. The lowest BCUT2D eigenvalue weighted by molar-refractivity contribution is -0.385. The van der Waals surface area contributed by atoms with Crippen LogP contribution in [0.3, 0.4) is 0 Å². The van der Waals surface area contributed by atoms with E-state index in [0.717, 1.165) is 37.7 Å². The smallest absolute Gasteiger partial charge is 0.313 e. The number of ether oxygens (including phenoxy) is 1. The molecule has 1 fully saturated rings. The van der Waals surface area contributed by atoms with E-state index in [2.05, 4.69) is 12.2 Å². The molecule has 116 valence electrons. The highest BCUT2D eigenvalue weighted by Gasteiger charge is 2.23. The van der Waals surface area contributed by atoms with Gasteiger partial charge in [-0.05, 0) is 31.6 Å². The van der Waals surface area contributed by atoms with E-state index in [-0.39, 0.29) is 23.2 Å². The Morgan fingerprint density at radius 1 is 1.38 bits per heavy atom. The van der Waals surface area contributed by atoms with Crippen LogP contribution in [-0.2, 0) is 0 Å². The van der Waals surface area contributed by atoms with Gasteiger partial charge >= 0.3 is 5.69 Å². The third-order valence-corrected chi connectivity index (χ3v) is 4.25. The minimum atomic E-state index is -0.641. The maximum Gasteiger partial charge on any atom is 0.313 e. The van der Waals surface area contributed by atoms with Crippen molar-refractivity contribution in [1.82, 2.24) is 0 Å². The normalized spacial score (nSPS) is 21.9. The van der Waals surface area contributed by atoms with Gasteiger partial charge in [0.05, 0.1) is 23.8 Å². The Bertz CT molecular complexity index is 514. The van der Waals surface area contributed by atoms with Gasteiger partial charge in [0.2, 0.25) is 0 Å². The van der Waals surface area contributed by atoms with Gasteiger partial charge in [0.15, 0.2) is 11.6 Å². The fourth-order valence-corrected chi connectivity index (χ4v) is 2.89. The molecule has 1 saturated carbocycles. The summed E-state index contributed by atoms with van der Waals surface area (Å²) in [6, 6.07) is 2.51. The van der Waals surface area contributed by atoms with Gasteiger partial charge in [-0.1, -0.05) is 13.3 Å². The van der Waals surface area contributed by atoms with Gasteiger partial charge in [0.25, 0.3) is 0 Å². The standard InChI is InChI=1S/C15H21FN2O3/c1-3-10-4-6-11(7-5-10)17-13-9-15(21-2)14(18(19)20)8-12(13)16/h8-11,17H,3-7H2,1-2H3. The summed E-state index contributed by atoms with van der Waals surface area (Å²) in [6.45, 7) is 2.19. The molecule has 0 atom stereocenters. The summed E-state index contributed by atoms with van der Waals surface area (Å²) >= 11 is 0. The van der Waals surface area contributed by atoms with Crippen LogP contribution in [0.25, 0.3) is 0 Å². The van der Waals surface area contributed by atoms with E-state index in [4.69, 9.17) is 4.74 Å². The third-order valence-electron chi connectivity index (χ3n) is 4.25. The average Bonchev–Trinajstić information content (AvgIpc) is 2.49. The summed E-state index contributed by atoms with van der Waals surface area (Å²) in [5, 5.41) is 14.0. The molecule has 1 aromatic carbocycles. The summed E-state index contributed by atoms with van der Waals surface area (Å²) in [5.74, 6) is 0.227. The van der Waals surface area contributed by atoms with Gasteiger partial charge in [-0.2, -0.15) is 0 Å². The second-order valence-corrected chi connectivity index (χ2v) is 5.53. The topological polar surface area (TPSA) is 64.4 Å². The first kappa shape index (κ1) is 15.5. The Hall–Kier alpha value is -1.85. The highest BCUT2D eigenvalue weighted by atomic mass is 19.1. The van der Waals surface area contributed by atoms with Gasteiger partial charge in [-0.15, -0.1) is 0 Å². The Morgan fingerprint density at radius 3 is 2.57 bits per heavy atom. The lowest BCUT2D eigenvalue weighted by Crippen LogP contribution is -2.26. The molecule has 5 nitrogen and oxygen atoms in total. The van der Waals surface area contributed by atoms with Gasteiger partial charge in [-0.25, -0.2) is 4.39 Å². The number of nitrogens with zero attached hydrogens (tertiary/aromatic N) is 1. The van der Waals surface area contributed by atoms with Crippen molar-refractivity contribution in [2.24, 2.45) is 5.92 Å². The largest absolute Gasteiger partial charge is 0.490 e. The van der Waals surface area contributed by atoms with Crippen LogP contribution in [0.1, 0.15) is 39.0 Å². The Balaban J connectivity index is 2.12. The first-order valence-corrected chi connectivity index (χ1v) is 7.33. The zero-order valence-electron chi connectivity index (χ0n) is 12.4. The molecule has 6 heteroatoms. The van der Waals surface area contributed by atoms with Gasteiger partial charge in [0.1, 0.15) is 0 Å². The van der Waals surface area contributed by atoms with Gasteiger partial charge < -0.3 is 10.1 Å². The van der Waals surface area contributed by atoms with E-state index in [1.807, 2.05) is 0 Å². The minimum Gasteiger partial charge on any atom is -0.490 e. The third kappa shape index (κ3) is 3.62. The van der Waals surface area contributed by atoms with Crippen molar-refractivity contribution in [1.29, 1.82) is 0 Å². The monoisotopic (exact) mass is 296 g/mol. The molecular weight excluding hydrogens is 275 g/mol. The van der Waals surface area contributed by atoms with E-state index in [1.165, 1.54) is 19.6 Å². The van der Waals surface area contributed by atoms with Crippen LogP contribution in [0.2, 0.25) is 0 Å². The van der Waals surface area contributed by atoms with Crippen LogP contribution in [0, 0.1) is 21.8 Å². The minimum absolute atomic E-state index is 0.0751. The molecule has 0 spiro atoms. The van der Waals surface area contributed by atoms with Gasteiger partial charge in [0, 0.05) is 12.1 Å². The summed E-state index contributed by atoms with van der Waals surface area (Å²) in [7, 11) is 1.34. The highest BCUT2D eigenvalue weighted by Crippen LogP contribution is 2.34. The second kappa shape index (κ2) is 6.74. The van der Waals surface area contributed by atoms with E-state index in [1.54, 1.807) is 0 Å². The number of nitro benzene ring substituents is 1. The zero-order chi connectivity index (χ0) is 15.4. The van der Waals surface area contributed by atoms with Crippen LogP contribution in [-0.4, -0.2) is 18.1 Å². The van der Waals surface area contributed by atoms with Crippen molar-refractivity contribution >= 4 is 11.4 Å². The zero-order valence-corrected chi connectivity index (χ0v) is 12.4. The molecule has 1 aromatic rings. The lowest BCUT2D eigenvalue weighted by Gasteiger charge is -2.29. The number of rotatable bonds is 5. The maximum absolute atomic E-state index is 14.0. The molecule has 0 amide bonds. The number of anilines is 1. The second-order valence-electron chi connectivity index (χ2n) is 5.53. The first-order valence-electron chi connectivity index (χ1n) is 7.33. The molecule has 0 unspecified atom stereocenters. The van der Waals surface area contributed by atoms with E-state index >= 15 is 0 Å². The quantitative estimate of drug-likeness (QED) is 0.655. The molecule has 0 aromatic heterocycles. The number of hydrogen-bond acceptors (Lipinski definition) is 4. The van der Waals surface area contributed by atoms with Gasteiger partial charge in [-0.3, -0.25) is 10.1 Å². The van der Waals surface area contributed by atoms with Crippen molar-refractivity contribution in [2.45, 2.75) is 45.1 Å². The van der Waals surface area contributed by atoms with Crippen molar-refractivity contribution in [2.75, 3.05) is 12.4 Å². The molecule has 2 rings (SSSR count). The van der Waals surface area contributed by atoms with E-state index < -0.39 is 10.7 Å². The van der Waals surface area contributed by atoms with Crippen LogP contribution in [0.4, 0.5) is 15.8 Å². The van der Waals surface area contributed by atoms with Crippen LogP contribution in [0.5, 0.6) is 5.75 Å². The predicted molar refractivity (Wildman–Crippen MR) is 79.3 cm³/mol. The van der Waals surface area contributed by atoms with E-state index in [0.29, 0.717) is 0 Å². The van der Waals surface area contributed by atoms with Crippen molar-refractivity contribution in [3.63, 3.8) is 0 Å². The average molecular weight is 296 g/mol. The molecule has 1 N–H and O–H groups in total. The number of hydrogen-bond donors (Lipinski definition) is 1. The molecular formula is C15H21FN2O3. The van der Waals surface area contributed by atoms with Crippen LogP contribution in [0.15, 0.2) is 12.1 Å². The van der Waals surface area contributed by atoms with E-state index in [9.17, 15) is 14.5 Å². The lowest BCUT2D eigenvalue weighted by atomic mass is 9.84. The van der Waals surface area contributed by atoms with Crippen molar-refractivity contribution in [3.8, 4) is 5.75 Å². The molecule has 0 radical (unpaired) electrons. The molecule has 1 aliphatic rings. The number of halogens is 1. The Morgan fingerprint density at radius 2 is 2.05 bits per heavy atom. The number of methoxy groups -OCH3 is 1. The molecule has 0 saturated heterocycles. The number of nitrogens with one attached hydrogen (secondary N) is 1. The molecule has 1 aliphatic carbocycles. The molecule has 0 bridgehead atoms. The fourth-order valence-electron chi connectivity index (χ4n) is 2.89. The summed E-state index contributed by atoms with van der Waals surface area (Å²) in [4.78, 5) is 10.2. The summed E-state index contributed by atoms with van der Waals surface area (Å²) in [5.41, 5.74) is -0.0763. The summed E-state index contributed by atoms with van der Waals surface area (Å²) < 4.78 is 19.0. The predicted octanol–water partition coefficient (Wildman–Crippen LogP) is 4.12. The van der Waals surface area contributed by atoms with Crippen molar-refractivity contribution < 1.29 is 14.1 Å². The SMILES string of the molecule is CCC1CCC(Nc2cc(OC)c([N+](=O)[O-])cc2F)CC1. The first-order chi connectivity index (χ1) is 10.0. The molecule has 0 heterocycles. The van der Waals surface area contributed by atoms with Crippen molar-refractivity contribution in [3.05, 3.63) is 28.1 Å². The summed E-state index contributed by atoms with van der Waals surface area (Å²) in [6.07, 6.45) is 5.46. The molecule has 0 aliphatic heterocycles. The van der Waals surface area contributed by atoms with Crippen LogP contribution < -0.4 is 10.1 Å². The Kier molecular flexibility index (Phi) is 4.98. The Labute approximate surface area is 123 Å². The number of benzene rings is 1. The fraction of sp³-hybridized carbons (Fsp3) is 0.600. The molecule has 21 heavy (non-hydrogen) atoms.